The number of nitrogen functional groups attached to an aromatic ring is 1. The number of aromatic nitrogens is 1. The first-order chi connectivity index (χ1) is 6.79. The number of rotatable bonds is 1. The van der Waals surface area contributed by atoms with Crippen molar-refractivity contribution in [2.45, 2.75) is 6.92 Å². The minimum atomic E-state index is -2.51. The largest absolute Gasteiger partial charge is 0.397 e. The fraction of sp³-hybridized carbons (Fsp3) is 0.250. The van der Waals surface area contributed by atoms with Gasteiger partial charge < -0.3 is 11.1 Å². The van der Waals surface area contributed by atoms with Gasteiger partial charge in [-0.15, -0.1) is 0 Å². The van der Waals surface area contributed by atoms with Crippen LogP contribution in [0.5, 0.6) is 0 Å². The van der Waals surface area contributed by atoms with E-state index < -0.39 is 12.9 Å². The van der Waals surface area contributed by atoms with Crippen LogP contribution in [0, 0.1) is 6.92 Å². The highest BCUT2D eigenvalue weighted by atomic mass is 16.1. The van der Waals surface area contributed by atoms with E-state index in [1.807, 2.05) is 5.32 Å². The lowest BCUT2D eigenvalue weighted by molar-refractivity contribution is 0.0958. The van der Waals surface area contributed by atoms with Gasteiger partial charge in [0.15, 0.2) is 0 Å². The van der Waals surface area contributed by atoms with Crippen molar-refractivity contribution in [1.82, 2.24) is 10.3 Å². The van der Waals surface area contributed by atoms with Gasteiger partial charge in [-0.25, -0.2) is 4.98 Å². The van der Waals surface area contributed by atoms with Gasteiger partial charge in [0.1, 0.15) is 5.69 Å². The van der Waals surface area contributed by atoms with Crippen LogP contribution in [0.1, 0.15) is 20.2 Å². The average Bonchev–Trinajstić information content (AvgIpc) is 2.06. The number of anilines is 1. The molecule has 1 rings (SSSR count). The Balaban J connectivity index is 2.88. The lowest BCUT2D eigenvalue weighted by atomic mass is 10.2. The summed E-state index contributed by atoms with van der Waals surface area (Å²) in [4.78, 5) is 15.1. The third-order valence-electron chi connectivity index (χ3n) is 1.50. The summed E-state index contributed by atoms with van der Waals surface area (Å²) in [6.45, 7) is -0.794. The first-order valence-corrected chi connectivity index (χ1v) is 3.34. The molecule has 64 valence electrons. The standard InChI is InChI=1S/C8H11N3O/c1-5-3-7(8(12)10-2)11-4-6(5)9/h3-4H,9H2,1-2H3,(H,10,12)/i2D3. The van der Waals surface area contributed by atoms with Crippen molar-refractivity contribution in [1.29, 1.82) is 0 Å². The van der Waals surface area contributed by atoms with Crippen molar-refractivity contribution in [2.24, 2.45) is 0 Å². The number of hydrogen-bond acceptors (Lipinski definition) is 3. The van der Waals surface area contributed by atoms with E-state index in [1.165, 1.54) is 12.3 Å². The zero-order valence-electron chi connectivity index (χ0n) is 9.59. The molecule has 0 aliphatic carbocycles. The number of aryl methyl sites for hydroxylation is 1. The van der Waals surface area contributed by atoms with Crippen molar-refractivity contribution in [2.75, 3.05) is 12.7 Å². The van der Waals surface area contributed by atoms with Crippen LogP contribution in [-0.4, -0.2) is 17.9 Å². The van der Waals surface area contributed by atoms with Crippen LogP contribution in [0.4, 0.5) is 5.69 Å². The monoisotopic (exact) mass is 168 g/mol. The molecule has 1 aromatic rings. The highest BCUT2D eigenvalue weighted by Crippen LogP contribution is 2.08. The minimum absolute atomic E-state index is 0.0397. The molecule has 1 amide bonds. The Hall–Kier alpha value is -1.58. The number of amides is 1. The maximum absolute atomic E-state index is 11.3. The van der Waals surface area contributed by atoms with Crippen molar-refractivity contribution >= 4 is 11.6 Å². The summed E-state index contributed by atoms with van der Waals surface area (Å²) in [6.07, 6.45) is 1.32. The molecule has 12 heavy (non-hydrogen) atoms. The maximum Gasteiger partial charge on any atom is 0.269 e. The predicted octanol–water partition coefficient (Wildman–Crippen LogP) is 0.332. The molecule has 0 fully saturated rings. The van der Waals surface area contributed by atoms with Gasteiger partial charge in [0.2, 0.25) is 0 Å². The molecule has 0 unspecified atom stereocenters. The molecule has 1 aromatic heterocycles. The normalized spacial score (nSPS) is 14.2. The van der Waals surface area contributed by atoms with Gasteiger partial charge in [-0.2, -0.15) is 0 Å². The summed E-state index contributed by atoms with van der Waals surface area (Å²) in [6, 6.07) is 1.44. The molecule has 0 bridgehead atoms. The fourth-order valence-electron chi connectivity index (χ4n) is 0.755. The Morgan fingerprint density at radius 3 is 3.17 bits per heavy atom. The molecular weight excluding hydrogens is 154 g/mol. The molecule has 0 atom stereocenters. The van der Waals surface area contributed by atoms with Crippen LogP contribution >= 0.6 is 0 Å². The van der Waals surface area contributed by atoms with E-state index in [1.54, 1.807) is 6.92 Å². The topological polar surface area (TPSA) is 68.0 Å². The summed E-state index contributed by atoms with van der Waals surface area (Å²) in [5.74, 6) is -0.738. The van der Waals surface area contributed by atoms with Crippen LogP contribution in [-0.2, 0) is 0 Å². The quantitative estimate of drug-likeness (QED) is 0.635. The van der Waals surface area contributed by atoms with E-state index >= 15 is 0 Å². The van der Waals surface area contributed by atoms with Crippen LogP contribution in [0.25, 0.3) is 0 Å². The minimum Gasteiger partial charge on any atom is -0.397 e. The molecule has 0 aliphatic heterocycles. The molecular formula is C8H11N3O. The number of pyridine rings is 1. The van der Waals surface area contributed by atoms with Crippen LogP contribution in [0.3, 0.4) is 0 Å². The van der Waals surface area contributed by atoms with E-state index in [0.717, 1.165) is 0 Å². The first kappa shape index (κ1) is 5.13. The molecule has 0 saturated carbocycles. The fourth-order valence-corrected chi connectivity index (χ4v) is 0.755. The molecule has 4 nitrogen and oxygen atoms in total. The van der Waals surface area contributed by atoms with Gasteiger partial charge in [-0.05, 0) is 18.6 Å². The van der Waals surface area contributed by atoms with Gasteiger partial charge in [-0.3, -0.25) is 4.79 Å². The van der Waals surface area contributed by atoms with Gasteiger partial charge in [0, 0.05) is 11.1 Å². The average molecular weight is 168 g/mol. The van der Waals surface area contributed by atoms with Crippen molar-refractivity contribution in [3.63, 3.8) is 0 Å². The highest BCUT2D eigenvalue weighted by molar-refractivity contribution is 5.92. The number of nitrogens with one attached hydrogen (secondary N) is 1. The van der Waals surface area contributed by atoms with Crippen molar-refractivity contribution < 1.29 is 8.91 Å². The van der Waals surface area contributed by atoms with Crippen molar-refractivity contribution in [3.05, 3.63) is 23.5 Å². The molecule has 0 saturated heterocycles. The first-order valence-electron chi connectivity index (χ1n) is 4.84. The predicted molar refractivity (Wildman–Crippen MR) is 46.8 cm³/mol. The molecule has 0 aliphatic rings. The van der Waals surface area contributed by atoms with E-state index in [4.69, 9.17) is 9.85 Å². The van der Waals surface area contributed by atoms with Gasteiger partial charge in [-0.1, -0.05) is 0 Å². The summed E-state index contributed by atoms with van der Waals surface area (Å²) in [7, 11) is 0. The second-order valence-electron chi connectivity index (χ2n) is 2.38. The molecule has 3 N–H and O–H groups in total. The molecule has 4 heteroatoms. The highest BCUT2D eigenvalue weighted by Gasteiger charge is 2.04. The van der Waals surface area contributed by atoms with Gasteiger partial charge >= 0.3 is 0 Å². The van der Waals surface area contributed by atoms with E-state index in [0.29, 0.717) is 11.3 Å². The Morgan fingerprint density at radius 1 is 1.83 bits per heavy atom. The number of nitrogens with two attached hydrogens (primary N) is 1. The van der Waals surface area contributed by atoms with Crippen molar-refractivity contribution in [3.8, 4) is 0 Å². The Bertz CT molecular complexity index is 389. The molecule has 0 spiro atoms. The van der Waals surface area contributed by atoms with Gasteiger partial charge in [0.25, 0.3) is 5.91 Å². The number of hydrogen-bond donors (Lipinski definition) is 2. The number of carbonyl (C=O) groups excluding carboxylic acids is 1. The smallest absolute Gasteiger partial charge is 0.269 e. The summed E-state index contributed by atoms with van der Waals surface area (Å²) < 4.78 is 20.6. The Labute approximate surface area is 75.0 Å². The summed E-state index contributed by atoms with van der Waals surface area (Å²) in [5.41, 5.74) is 6.69. The Morgan fingerprint density at radius 2 is 2.58 bits per heavy atom. The third-order valence-corrected chi connectivity index (χ3v) is 1.50. The number of nitrogens with zero attached hydrogens (tertiary/aromatic N) is 1. The zero-order valence-corrected chi connectivity index (χ0v) is 6.59. The molecule has 0 aromatic carbocycles. The van der Waals surface area contributed by atoms with Gasteiger partial charge in [0.05, 0.1) is 11.9 Å². The van der Waals surface area contributed by atoms with E-state index in [9.17, 15) is 4.79 Å². The molecule has 0 radical (unpaired) electrons. The number of carbonyl (C=O) groups is 1. The van der Waals surface area contributed by atoms with Crippen LogP contribution in [0.2, 0.25) is 0 Å². The van der Waals surface area contributed by atoms with Crippen LogP contribution in [0.15, 0.2) is 12.3 Å². The third kappa shape index (κ3) is 1.53. The zero-order chi connectivity index (χ0) is 11.6. The summed E-state index contributed by atoms with van der Waals surface area (Å²) in [5, 5.41) is 1.84. The second kappa shape index (κ2) is 3.21. The second-order valence-corrected chi connectivity index (χ2v) is 2.38. The Kier molecular flexibility index (Phi) is 1.37. The lowest BCUT2D eigenvalue weighted by Crippen LogP contribution is -2.19. The van der Waals surface area contributed by atoms with Crippen LogP contribution < -0.4 is 11.1 Å². The maximum atomic E-state index is 11.3. The lowest BCUT2D eigenvalue weighted by Gasteiger charge is -2.01. The SMILES string of the molecule is [2H]C([2H])([2H])NC(=O)c1cc(C)c(N)cn1. The molecule has 1 heterocycles. The summed E-state index contributed by atoms with van der Waals surface area (Å²) >= 11 is 0. The van der Waals surface area contributed by atoms with E-state index in [-0.39, 0.29) is 5.69 Å². The van der Waals surface area contributed by atoms with E-state index in [2.05, 4.69) is 4.98 Å².